The molecule has 230 valence electrons. The van der Waals surface area contributed by atoms with E-state index in [-0.39, 0.29) is 5.66 Å². The van der Waals surface area contributed by atoms with Crippen LogP contribution in [0.3, 0.4) is 0 Å². The lowest BCUT2D eigenvalue weighted by molar-refractivity contribution is 0.130. The molecule has 0 bridgehead atoms. The van der Waals surface area contributed by atoms with Crippen LogP contribution < -0.4 is 44.6 Å². The highest BCUT2D eigenvalue weighted by molar-refractivity contribution is 4.76. The molecular weight excluding hydrogens is 480 g/mol. The van der Waals surface area contributed by atoms with Crippen molar-refractivity contribution in [1.82, 2.24) is 35.6 Å². The Morgan fingerprint density at radius 2 is 0.947 bits per heavy atom. The van der Waals surface area contributed by atoms with Crippen molar-refractivity contribution >= 4 is 0 Å². The van der Waals surface area contributed by atoms with E-state index in [1.165, 1.54) is 0 Å². The van der Waals surface area contributed by atoms with Gasteiger partial charge in [-0.3, -0.25) is 19.6 Å². The molecule has 0 radical (unpaired) electrons. The van der Waals surface area contributed by atoms with E-state index in [2.05, 4.69) is 49.4 Å². The third kappa shape index (κ3) is 21.4. The largest absolute Gasteiger partial charge is 0.329 e. The maximum absolute atomic E-state index is 6.30. The van der Waals surface area contributed by atoms with E-state index in [0.29, 0.717) is 32.2 Å². The molecule has 0 aliphatic heterocycles. The average Bonchev–Trinajstić information content (AvgIpc) is 2.85. The molecular formula is C26H66N12. The summed E-state index contributed by atoms with van der Waals surface area (Å²) in [4.78, 5) is 9.71. The summed E-state index contributed by atoms with van der Waals surface area (Å²) in [6.07, 6.45) is 0. The SMILES string of the molecule is CC(C)NCCN(CCN(CCN)CCN)CCN(CCNCCN)CCNCCN(CCN)C(C)(C)N. The van der Waals surface area contributed by atoms with Crippen molar-refractivity contribution in [1.29, 1.82) is 0 Å². The summed E-state index contributed by atoms with van der Waals surface area (Å²) in [7, 11) is 0. The zero-order chi connectivity index (χ0) is 28.7. The maximum atomic E-state index is 6.30. The van der Waals surface area contributed by atoms with E-state index < -0.39 is 0 Å². The van der Waals surface area contributed by atoms with Crippen LogP contribution in [0.4, 0.5) is 0 Å². The highest BCUT2D eigenvalue weighted by Gasteiger charge is 2.20. The predicted octanol–water partition coefficient (Wildman–Crippen LogP) is -3.10. The van der Waals surface area contributed by atoms with Gasteiger partial charge in [0.25, 0.3) is 0 Å². The molecule has 38 heavy (non-hydrogen) atoms. The predicted molar refractivity (Wildman–Crippen MR) is 164 cm³/mol. The Morgan fingerprint density at radius 1 is 0.526 bits per heavy atom. The van der Waals surface area contributed by atoms with Crippen LogP contribution in [0.2, 0.25) is 0 Å². The van der Waals surface area contributed by atoms with Gasteiger partial charge in [-0.15, -0.1) is 0 Å². The minimum Gasteiger partial charge on any atom is -0.329 e. The van der Waals surface area contributed by atoms with E-state index in [1.54, 1.807) is 0 Å². The molecule has 0 unspecified atom stereocenters. The van der Waals surface area contributed by atoms with Gasteiger partial charge in [0.2, 0.25) is 0 Å². The van der Waals surface area contributed by atoms with Crippen molar-refractivity contribution in [2.75, 3.05) is 131 Å². The number of rotatable bonds is 28. The lowest BCUT2D eigenvalue weighted by Crippen LogP contribution is -2.54. The van der Waals surface area contributed by atoms with E-state index in [1.807, 2.05) is 13.8 Å². The molecule has 0 aromatic rings. The molecule has 0 aliphatic rings. The molecule has 0 spiro atoms. The van der Waals surface area contributed by atoms with Crippen LogP contribution in [-0.2, 0) is 0 Å². The molecule has 13 N–H and O–H groups in total. The van der Waals surface area contributed by atoms with Crippen LogP contribution >= 0.6 is 0 Å². The van der Waals surface area contributed by atoms with Crippen LogP contribution in [0.1, 0.15) is 27.7 Å². The first-order valence-electron chi connectivity index (χ1n) is 14.8. The minimum atomic E-state index is -0.362. The fourth-order valence-electron chi connectivity index (χ4n) is 4.33. The quantitative estimate of drug-likeness (QED) is 0.0366. The van der Waals surface area contributed by atoms with Gasteiger partial charge < -0.3 is 44.6 Å². The summed E-state index contributed by atoms with van der Waals surface area (Å²) in [6, 6.07) is 0.490. The first-order chi connectivity index (χ1) is 18.2. The Balaban J connectivity index is 4.86. The average molecular weight is 547 g/mol. The summed E-state index contributed by atoms with van der Waals surface area (Å²) in [5, 5.41) is 10.6. The number of nitrogens with zero attached hydrogens (tertiary/aromatic N) is 4. The van der Waals surface area contributed by atoms with Gasteiger partial charge in [-0.25, -0.2) is 0 Å². The monoisotopic (exact) mass is 547 g/mol. The molecule has 0 atom stereocenters. The fraction of sp³-hybridized carbons (Fsp3) is 1.00. The summed E-state index contributed by atoms with van der Waals surface area (Å²) < 4.78 is 0. The lowest BCUT2D eigenvalue weighted by atomic mass is 10.2. The third-order valence-electron chi connectivity index (χ3n) is 6.64. The smallest absolute Gasteiger partial charge is 0.0630 e. The van der Waals surface area contributed by atoms with Gasteiger partial charge in [-0.2, -0.15) is 0 Å². The molecule has 0 aromatic carbocycles. The van der Waals surface area contributed by atoms with Gasteiger partial charge in [0.05, 0.1) is 5.66 Å². The van der Waals surface area contributed by atoms with Crippen molar-refractivity contribution in [3.05, 3.63) is 0 Å². The topological polar surface area (TPSA) is 179 Å². The normalized spacial score (nSPS) is 12.8. The molecule has 0 fully saturated rings. The minimum absolute atomic E-state index is 0.362. The van der Waals surface area contributed by atoms with Crippen LogP contribution in [-0.4, -0.2) is 162 Å². The van der Waals surface area contributed by atoms with E-state index in [4.69, 9.17) is 28.7 Å². The summed E-state index contributed by atoms with van der Waals surface area (Å²) >= 11 is 0. The highest BCUT2D eigenvalue weighted by atomic mass is 15.3. The van der Waals surface area contributed by atoms with Crippen LogP contribution in [0.15, 0.2) is 0 Å². The van der Waals surface area contributed by atoms with Crippen LogP contribution in [0.5, 0.6) is 0 Å². The van der Waals surface area contributed by atoms with Crippen LogP contribution in [0.25, 0.3) is 0 Å². The van der Waals surface area contributed by atoms with Crippen molar-refractivity contribution in [3.63, 3.8) is 0 Å². The van der Waals surface area contributed by atoms with Gasteiger partial charge in [0.1, 0.15) is 0 Å². The van der Waals surface area contributed by atoms with E-state index in [9.17, 15) is 0 Å². The van der Waals surface area contributed by atoms with Crippen molar-refractivity contribution in [3.8, 4) is 0 Å². The third-order valence-corrected chi connectivity index (χ3v) is 6.64. The molecule has 0 saturated heterocycles. The van der Waals surface area contributed by atoms with Crippen molar-refractivity contribution < 1.29 is 0 Å². The second-order valence-corrected chi connectivity index (χ2v) is 10.9. The Bertz CT molecular complexity index is 497. The molecule has 0 aliphatic carbocycles. The Hall–Kier alpha value is -0.480. The molecule has 12 nitrogen and oxygen atoms in total. The second-order valence-electron chi connectivity index (χ2n) is 10.9. The molecule has 0 rings (SSSR count). The summed E-state index contributed by atoms with van der Waals surface area (Å²) in [6.45, 7) is 26.2. The number of nitrogens with one attached hydrogen (secondary N) is 3. The molecule has 0 aromatic heterocycles. The lowest BCUT2D eigenvalue weighted by Gasteiger charge is -2.35. The number of hydrogen-bond donors (Lipinski definition) is 8. The Labute approximate surface area is 234 Å². The summed E-state index contributed by atoms with van der Waals surface area (Å²) in [5.41, 5.74) is 29.0. The Kier molecular flexibility index (Phi) is 24.0. The first-order valence-corrected chi connectivity index (χ1v) is 14.8. The molecule has 0 heterocycles. The zero-order valence-electron chi connectivity index (χ0n) is 25.4. The maximum Gasteiger partial charge on any atom is 0.0630 e. The molecule has 0 saturated carbocycles. The fourth-order valence-corrected chi connectivity index (χ4v) is 4.33. The van der Waals surface area contributed by atoms with E-state index >= 15 is 0 Å². The van der Waals surface area contributed by atoms with Crippen molar-refractivity contribution in [2.24, 2.45) is 28.7 Å². The molecule has 0 amide bonds. The van der Waals surface area contributed by atoms with Gasteiger partial charge in [-0.1, -0.05) is 13.8 Å². The van der Waals surface area contributed by atoms with Gasteiger partial charge >= 0.3 is 0 Å². The highest BCUT2D eigenvalue weighted by Crippen LogP contribution is 2.04. The standard InChI is InChI=1S/C26H66N12/c1-25(2)34-13-19-37(23-21-35(14-6-28)15-7-29)24-22-36(17-10-32-9-5-27)18-11-33-12-20-38(16-8-30)26(3,4)31/h25,32-34H,5-24,27-31H2,1-4H3. The summed E-state index contributed by atoms with van der Waals surface area (Å²) in [5.74, 6) is 0. The number of hydrogen-bond acceptors (Lipinski definition) is 12. The second kappa shape index (κ2) is 24.3. The van der Waals surface area contributed by atoms with Gasteiger partial charge in [-0.05, 0) is 13.8 Å². The Morgan fingerprint density at radius 3 is 1.39 bits per heavy atom. The first kappa shape index (κ1) is 37.5. The number of nitrogens with two attached hydrogens (primary N) is 5. The molecule has 12 heteroatoms. The van der Waals surface area contributed by atoms with Gasteiger partial charge in [0, 0.05) is 137 Å². The van der Waals surface area contributed by atoms with E-state index in [0.717, 1.165) is 105 Å². The van der Waals surface area contributed by atoms with Crippen molar-refractivity contribution in [2.45, 2.75) is 39.4 Å². The zero-order valence-corrected chi connectivity index (χ0v) is 25.4. The van der Waals surface area contributed by atoms with Crippen LogP contribution in [0, 0.1) is 0 Å². The van der Waals surface area contributed by atoms with Gasteiger partial charge in [0.15, 0.2) is 0 Å².